The van der Waals surface area contributed by atoms with Crippen molar-refractivity contribution in [1.29, 1.82) is 0 Å². The number of hydrogen-bond acceptors (Lipinski definition) is 1. The molecule has 1 aliphatic rings. The first-order valence-corrected chi connectivity index (χ1v) is 7.60. The third-order valence-corrected chi connectivity index (χ3v) is 5.09. The van der Waals surface area contributed by atoms with Crippen molar-refractivity contribution in [3.63, 3.8) is 0 Å². The molecule has 0 bridgehead atoms. The number of hydrogen-bond donors (Lipinski definition) is 1. The van der Waals surface area contributed by atoms with Crippen LogP contribution in [0.1, 0.15) is 38.8 Å². The molecule has 0 aromatic heterocycles. The maximum Gasteiger partial charge on any atom is 0.0426 e. The fourth-order valence-corrected chi connectivity index (χ4v) is 3.16. The van der Waals surface area contributed by atoms with Crippen LogP contribution in [0.2, 0.25) is 0 Å². The van der Waals surface area contributed by atoms with E-state index in [9.17, 15) is 0 Å². The molecule has 1 nitrogen and oxygen atoms in total. The van der Waals surface area contributed by atoms with E-state index in [-0.39, 0.29) is 5.41 Å². The van der Waals surface area contributed by atoms with Gasteiger partial charge in [-0.1, -0.05) is 69.3 Å². The number of benzene rings is 2. The van der Waals surface area contributed by atoms with Crippen molar-refractivity contribution < 1.29 is 0 Å². The minimum absolute atomic E-state index is 0.0567. The molecular weight excluding hydrogens is 254 g/mol. The number of rotatable bonds is 0. The van der Waals surface area contributed by atoms with E-state index in [1.54, 1.807) is 0 Å². The molecule has 0 fully saturated rings. The van der Waals surface area contributed by atoms with Crippen LogP contribution in [0.4, 0.5) is 0 Å². The lowest BCUT2D eigenvalue weighted by Gasteiger charge is -2.35. The summed E-state index contributed by atoms with van der Waals surface area (Å²) in [5.41, 5.74) is 11.2. The minimum atomic E-state index is 0.0567. The Morgan fingerprint density at radius 3 is 2.52 bits per heavy atom. The predicted octanol–water partition coefficient (Wildman–Crippen LogP) is 5.01. The van der Waals surface area contributed by atoms with Crippen LogP contribution in [-0.4, -0.2) is 0 Å². The third-order valence-electron chi connectivity index (χ3n) is 5.09. The topological polar surface area (TPSA) is 26.0 Å². The van der Waals surface area contributed by atoms with E-state index in [1.807, 2.05) is 0 Å². The first kappa shape index (κ1) is 13.9. The molecule has 0 saturated heterocycles. The smallest absolute Gasteiger partial charge is 0.0426 e. The first-order valence-electron chi connectivity index (χ1n) is 7.60. The van der Waals surface area contributed by atoms with Crippen molar-refractivity contribution in [2.45, 2.75) is 33.1 Å². The standard InChI is InChI=1S/C20H23N/c1-13-9-10-14(2)20(3,4)17-12-11-15-7-5-6-8-16(15)18(17)19(13)21/h5-12,14H,21H2,1-4H3/b10-9-,19-13-. The zero-order valence-electron chi connectivity index (χ0n) is 13.3. The van der Waals surface area contributed by atoms with E-state index >= 15 is 0 Å². The Labute approximate surface area is 127 Å². The third kappa shape index (κ3) is 2.08. The van der Waals surface area contributed by atoms with Gasteiger partial charge in [0.05, 0.1) is 0 Å². The van der Waals surface area contributed by atoms with Gasteiger partial charge in [0.25, 0.3) is 0 Å². The van der Waals surface area contributed by atoms with Gasteiger partial charge < -0.3 is 5.73 Å². The van der Waals surface area contributed by atoms with Gasteiger partial charge >= 0.3 is 0 Å². The second-order valence-corrected chi connectivity index (χ2v) is 6.68. The van der Waals surface area contributed by atoms with Gasteiger partial charge in [-0.05, 0) is 40.2 Å². The van der Waals surface area contributed by atoms with Crippen molar-refractivity contribution in [2.75, 3.05) is 0 Å². The van der Waals surface area contributed by atoms with Gasteiger partial charge in [-0.15, -0.1) is 0 Å². The van der Waals surface area contributed by atoms with Gasteiger partial charge in [0.2, 0.25) is 0 Å². The van der Waals surface area contributed by atoms with E-state index in [1.165, 1.54) is 21.9 Å². The fourth-order valence-electron chi connectivity index (χ4n) is 3.16. The van der Waals surface area contributed by atoms with Gasteiger partial charge in [0.15, 0.2) is 0 Å². The summed E-state index contributed by atoms with van der Waals surface area (Å²) < 4.78 is 0. The molecule has 0 heterocycles. The van der Waals surface area contributed by atoms with Gasteiger partial charge in [-0.3, -0.25) is 0 Å². The van der Waals surface area contributed by atoms with Crippen molar-refractivity contribution in [2.24, 2.45) is 11.7 Å². The quantitative estimate of drug-likeness (QED) is 0.719. The molecule has 0 spiro atoms. The highest BCUT2D eigenvalue weighted by Gasteiger charge is 2.31. The van der Waals surface area contributed by atoms with Crippen LogP contribution >= 0.6 is 0 Å². The Balaban J connectivity index is 2.48. The average molecular weight is 277 g/mol. The molecule has 1 aliphatic carbocycles. The highest BCUT2D eigenvalue weighted by Crippen LogP contribution is 2.41. The summed E-state index contributed by atoms with van der Waals surface area (Å²) in [5, 5.41) is 2.50. The van der Waals surface area contributed by atoms with Crippen LogP contribution in [0.15, 0.2) is 54.1 Å². The van der Waals surface area contributed by atoms with Gasteiger partial charge in [-0.2, -0.15) is 0 Å². The van der Waals surface area contributed by atoms with E-state index in [2.05, 4.69) is 76.2 Å². The second kappa shape index (κ2) is 4.77. The average Bonchev–Trinajstić information content (AvgIpc) is 2.49. The highest BCUT2D eigenvalue weighted by molar-refractivity contribution is 5.96. The van der Waals surface area contributed by atoms with Crippen molar-refractivity contribution in [1.82, 2.24) is 0 Å². The molecular formula is C20H23N. The Morgan fingerprint density at radius 1 is 1.05 bits per heavy atom. The molecule has 0 amide bonds. The molecule has 108 valence electrons. The summed E-state index contributed by atoms with van der Waals surface area (Å²) in [6, 6.07) is 13.0. The van der Waals surface area contributed by atoms with Gasteiger partial charge in [0.1, 0.15) is 0 Å². The molecule has 2 aromatic carbocycles. The zero-order chi connectivity index (χ0) is 15.2. The Morgan fingerprint density at radius 2 is 1.76 bits per heavy atom. The van der Waals surface area contributed by atoms with E-state index in [0.717, 1.165) is 11.3 Å². The maximum absolute atomic E-state index is 6.52. The Kier molecular flexibility index (Phi) is 3.16. The van der Waals surface area contributed by atoms with E-state index < -0.39 is 0 Å². The van der Waals surface area contributed by atoms with E-state index in [0.29, 0.717) is 5.92 Å². The fraction of sp³-hybridized carbons (Fsp3) is 0.300. The second-order valence-electron chi connectivity index (χ2n) is 6.68. The number of allylic oxidation sites excluding steroid dienone is 3. The van der Waals surface area contributed by atoms with Gasteiger partial charge in [-0.25, -0.2) is 0 Å². The molecule has 0 aliphatic heterocycles. The number of nitrogens with two attached hydrogens (primary N) is 1. The molecule has 1 atom stereocenters. The molecule has 0 radical (unpaired) electrons. The molecule has 2 N–H and O–H groups in total. The summed E-state index contributed by atoms with van der Waals surface area (Å²) in [4.78, 5) is 0. The largest absolute Gasteiger partial charge is 0.398 e. The lowest BCUT2D eigenvalue weighted by atomic mass is 9.70. The Bertz CT molecular complexity index is 763. The van der Waals surface area contributed by atoms with Crippen LogP contribution in [0.25, 0.3) is 16.5 Å². The van der Waals surface area contributed by atoms with Gasteiger partial charge in [0, 0.05) is 11.3 Å². The first-order chi connectivity index (χ1) is 9.93. The minimum Gasteiger partial charge on any atom is -0.398 e. The summed E-state index contributed by atoms with van der Waals surface area (Å²) in [5.74, 6) is 0.459. The SMILES string of the molecule is CC1=C(/N)c2c(ccc3ccccc23)C(C)(C)C(C)/C=C\1. The summed E-state index contributed by atoms with van der Waals surface area (Å²) in [7, 11) is 0. The van der Waals surface area contributed by atoms with E-state index in [4.69, 9.17) is 5.73 Å². The molecule has 2 aromatic rings. The number of fused-ring (bicyclic) bond motifs is 3. The molecule has 0 saturated carbocycles. The molecule has 21 heavy (non-hydrogen) atoms. The summed E-state index contributed by atoms with van der Waals surface area (Å²) in [6.45, 7) is 9.00. The molecule has 1 heteroatoms. The molecule has 3 rings (SSSR count). The normalized spacial score (nSPS) is 26.0. The van der Waals surface area contributed by atoms with Crippen molar-refractivity contribution in [3.05, 3.63) is 65.3 Å². The summed E-state index contributed by atoms with van der Waals surface area (Å²) >= 11 is 0. The van der Waals surface area contributed by atoms with Crippen LogP contribution in [-0.2, 0) is 5.41 Å². The monoisotopic (exact) mass is 277 g/mol. The zero-order valence-corrected chi connectivity index (χ0v) is 13.3. The van der Waals surface area contributed by atoms with Crippen LogP contribution in [0.5, 0.6) is 0 Å². The molecule has 1 unspecified atom stereocenters. The highest BCUT2D eigenvalue weighted by atomic mass is 14.6. The Hall–Kier alpha value is -2.02. The van der Waals surface area contributed by atoms with Crippen molar-refractivity contribution in [3.8, 4) is 0 Å². The summed E-state index contributed by atoms with van der Waals surface area (Å²) in [6.07, 6.45) is 4.45. The van der Waals surface area contributed by atoms with Crippen LogP contribution < -0.4 is 5.73 Å². The predicted molar refractivity (Wildman–Crippen MR) is 92.1 cm³/mol. The lowest BCUT2D eigenvalue weighted by Crippen LogP contribution is -2.28. The van der Waals surface area contributed by atoms with Crippen molar-refractivity contribution >= 4 is 16.5 Å². The lowest BCUT2D eigenvalue weighted by molar-refractivity contribution is 0.408. The van der Waals surface area contributed by atoms with Crippen LogP contribution in [0.3, 0.4) is 0 Å². The maximum atomic E-state index is 6.52. The van der Waals surface area contributed by atoms with Crippen LogP contribution in [0, 0.1) is 5.92 Å².